The minimum Gasteiger partial charge on any atom is -0.485 e. The van der Waals surface area contributed by atoms with E-state index in [9.17, 15) is 9.18 Å². The Hall–Kier alpha value is -2.94. The van der Waals surface area contributed by atoms with Crippen LogP contribution in [0.2, 0.25) is 10.0 Å². The number of hydrogen-bond donors (Lipinski definition) is 1. The minimum absolute atomic E-state index is 0.0773. The Morgan fingerprint density at radius 2 is 1.97 bits per heavy atom. The standard InChI is InChI=1S/C22H22Cl2FN5O2/c1-4-5-6-29(26)20-9-18(13(2)10-28-20)30-14(3)7-19(21(24)22(30)31)32-12-17-16(23)8-15(25)11-27-17/h5-11H,4,12,26H2,1-3H3/b6-5-. The number of anilines is 1. The van der Waals surface area contributed by atoms with E-state index >= 15 is 0 Å². The summed E-state index contributed by atoms with van der Waals surface area (Å²) in [5, 5.41) is 1.39. The monoisotopic (exact) mass is 477 g/mol. The van der Waals surface area contributed by atoms with Gasteiger partial charge in [-0.1, -0.05) is 36.2 Å². The van der Waals surface area contributed by atoms with Gasteiger partial charge in [-0.25, -0.2) is 15.2 Å². The number of hydrazine groups is 1. The molecule has 0 saturated carbocycles. The summed E-state index contributed by atoms with van der Waals surface area (Å²) in [5.74, 6) is 6.12. The second-order valence-corrected chi connectivity index (χ2v) is 7.79. The number of ether oxygens (including phenoxy) is 1. The van der Waals surface area contributed by atoms with E-state index < -0.39 is 11.4 Å². The molecular weight excluding hydrogens is 456 g/mol. The molecule has 3 heterocycles. The third-order valence-electron chi connectivity index (χ3n) is 4.62. The zero-order chi connectivity index (χ0) is 23.4. The van der Waals surface area contributed by atoms with Crippen LogP contribution in [0.5, 0.6) is 5.75 Å². The summed E-state index contributed by atoms with van der Waals surface area (Å²) in [6, 6.07) is 4.49. The number of allylic oxidation sites excluding steroid dienone is 1. The molecule has 0 saturated heterocycles. The van der Waals surface area contributed by atoms with Crippen molar-refractivity contribution in [3.63, 3.8) is 0 Å². The SMILES string of the molecule is CC/C=C\N(N)c1cc(-n2c(C)cc(OCc3ncc(F)cc3Cl)c(Cl)c2=O)c(C)cn1. The Bertz CT molecular complexity index is 1230. The largest absolute Gasteiger partial charge is 0.485 e. The van der Waals surface area contributed by atoms with E-state index in [0.717, 1.165) is 24.2 Å². The molecule has 0 unspecified atom stereocenters. The lowest BCUT2D eigenvalue weighted by Crippen LogP contribution is -2.27. The highest BCUT2D eigenvalue weighted by atomic mass is 35.5. The molecule has 0 radical (unpaired) electrons. The van der Waals surface area contributed by atoms with Gasteiger partial charge in [0.2, 0.25) is 0 Å². The first-order valence-electron chi connectivity index (χ1n) is 9.75. The van der Waals surface area contributed by atoms with E-state index in [-0.39, 0.29) is 22.4 Å². The highest BCUT2D eigenvalue weighted by Crippen LogP contribution is 2.27. The van der Waals surface area contributed by atoms with Gasteiger partial charge in [0, 0.05) is 30.2 Å². The molecule has 10 heteroatoms. The molecule has 0 aromatic carbocycles. The molecule has 3 aromatic heterocycles. The second-order valence-electron chi connectivity index (χ2n) is 7.00. The van der Waals surface area contributed by atoms with Crippen molar-refractivity contribution in [2.24, 2.45) is 5.84 Å². The number of aryl methyl sites for hydroxylation is 2. The van der Waals surface area contributed by atoms with Crippen LogP contribution in [-0.4, -0.2) is 14.5 Å². The number of nitrogens with zero attached hydrogens (tertiary/aromatic N) is 4. The molecule has 0 spiro atoms. The number of aromatic nitrogens is 3. The van der Waals surface area contributed by atoms with E-state index in [4.69, 9.17) is 33.8 Å². The van der Waals surface area contributed by atoms with Crippen molar-refractivity contribution in [2.75, 3.05) is 5.01 Å². The van der Waals surface area contributed by atoms with Crippen LogP contribution in [0.15, 0.2) is 47.7 Å². The van der Waals surface area contributed by atoms with Gasteiger partial charge in [-0.15, -0.1) is 0 Å². The zero-order valence-electron chi connectivity index (χ0n) is 17.8. The Kier molecular flexibility index (Phi) is 7.50. The molecule has 32 heavy (non-hydrogen) atoms. The first-order chi connectivity index (χ1) is 15.2. The van der Waals surface area contributed by atoms with Gasteiger partial charge in [0.1, 0.15) is 29.0 Å². The predicted molar refractivity (Wildman–Crippen MR) is 124 cm³/mol. The summed E-state index contributed by atoms with van der Waals surface area (Å²) in [6.07, 6.45) is 7.09. The average Bonchev–Trinajstić information content (AvgIpc) is 2.75. The van der Waals surface area contributed by atoms with Crippen LogP contribution in [0.4, 0.5) is 10.2 Å². The van der Waals surface area contributed by atoms with E-state index in [0.29, 0.717) is 22.9 Å². The number of halogens is 3. The summed E-state index contributed by atoms with van der Waals surface area (Å²) in [6.45, 7) is 5.50. The molecule has 0 aliphatic carbocycles. The van der Waals surface area contributed by atoms with E-state index in [1.807, 2.05) is 19.9 Å². The van der Waals surface area contributed by atoms with Gasteiger partial charge in [0.15, 0.2) is 0 Å². The molecule has 168 valence electrons. The van der Waals surface area contributed by atoms with Crippen LogP contribution in [0.1, 0.15) is 30.3 Å². The summed E-state index contributed by atoms with van der Waals surface area (Å²) in [5.41, 5.74) is 1.80. The van der Waals surface area contributed by atoms with Crippen molar-refractivity contribution in [2.45, 2.75) is 33.8 Å². The van der Waals surface area contributed by atoms with Crippen LogP contribution >= 0.6 is 23.2 Å². The maximum absolute atomic E-state index is 13.2. The molecule has 0 aliphatic heterocycles. The van der Waals surface area contributed by atoms with Crippen molar-refractivity contribution in [1.82, 2.24) is 14.5 Å². The highest BCUT2D eigenvalue weighted by molar-refractivity contribution is 6.32. The molecule has 3 aromatic rings. The third-order valence-corrected chi connectivity index (χ3v) is 5.29. The Balaban J connectivity index is 1.97. The van der Waals surface area contributed by atoms with Crippen molar-refractivity contribution < 1.29 is 9.13 Å². The van der Waals surface area contributed by atoms with Crippen LogP contribution in [0.3, 0.4) is 0 Å². The topological polar surface area (TPSA) is 86.3 Å². The normalized spacial score (nSPS) is 11.2. The first kappa shape index (κ1) is 23.7. The first-order valence-corrected chi connectivity index (χ1v) is 10.5. The highest BCUT2D eigenvalue weighted by Gasteiger charge is 2.17. The van der Waals surface area contributed by atoms with Gasteiger partial charge in [-0.3, -0.25) is 19.4 Å². The second kappa shape index (κ2) is 10.1. The predicted octanol–water partition coefficient (Wildman–Crippen LogP) is 4.87. The lowest BCUT2D eigenvalue weighted by Gasteiger charge is -2.18. The maximum atomic E-state index is 13.2. The lowest BCUT2D eigenvalue weighted by atomic mass is 10.2. The molecule has 0 amide bonds. The number of hydrogen-bond acceptors (Lipinski definition) is 6. The van der Waals surface area contributed by atoms with Gasteiger partial charge in [0.05, 0.1) is 22.6 Å². The molecule has 0 aliphatic rings. The summed E-state index contributed by atoms with van der Waals surface area (Å²) >= 11 is 12.3. The lowest BCUT2D eigenvalue weighted by molar-refractivity contribution is 0.300. The summed E-state index contributed by atoms with van der Waals surface area (Å²) in [7, 11) is 0. The Morgan fingerprint density at radius 3 is 2.66 bits per heavy atom. The summed E-state index contributed by atoms with van der Waals surface area (Å²) < 4.78 is 20.3. The van der Waals surface area contributed by atoms with Crippen molar-refractivity contribution in [3.05, 3.63) is 86.0 Å². The number of pyridine rings is 3. The van der Waals surface area contributed by atoms with Crippen LogP contribution in [-0.2, 0) is 6.61 Å². The summed E-state index contributed by atoms with van der Waals surface area (Å²) in [4.78, 5) is 21.3. The molecule has 2 N–H and O–H groups in total. The van der Waals surface area contributed by atoms with Crippen molar-refractivity contribution in [1.29, 1.82) is 0 Å². The van der Waals surface area contributed by atoms with Gasteiger partial charge < -0.3 is 4.74 Å². The van der Waals surface area contributed by atoms with Gasteiger partial charge >= 0.3 is 0 Å². The van der Waals surface area contributed by atoms with Gasteiger partial charge in [0.25, 0.3) is 5.56 Å². The molecule has 0 bridgehead atoms. The molecule has 0 atom stereocenters. The molecule has 3 rings (SSSR count). The Labute approximate surface area is 194 Å². The maximum Gasteiger partial charge on any atom is 0.277 e. The fraction of sp³-hybridized carbons (Fsp3) is 0.227. The van der Waals surface area contributed by atoms with Crippen LogP contribution in [0, 0.1) is 19.7 Å². The molecule has 0 fully saturated rings. The molecular formula is C22H22Cl2FN5O2. The van der Waals surface area contributed by atoms with Crippen LogP contribution < -0.4 is 21.1 Å². The zero-order valence-corrected chi connectivity index (χ0v) is 19.3. The fourth-order valence-electron chi connectivity index (χ4n) is 2.96. The quantitative estimate of drug-likeness (QED) is 0.385. The van der Waals surface area contributed by atoms with E-state index in [2.05, 4.69) is 9.97 Å². The average molecular weight is 478 g/mol. The molecule has 7 nitrogen and oxygen atoms in total. The minimum atomic E-state index is -0.552. The fourth-order valence-corrected chi connectivity index (χ4v) is 3.36. The van der Waals surface area contributed by atoms with Crippen molar-refractivity contribution in [3.8, 4) is 11.4 Å². The Morgan fingerprint density at radius 1 is 1.22 bits per heavy atom. The van der Waals surface area contributed by atoms with E-state index in [1.165, 1.54) is 9.58 Å². The third kappa shape index (κ3) is 5.09. The van der Waals surface area contributed by atoms with Gasteiger partial charge in [-0.05, 0) is 31.9 Å². The van der Waals surface area contributed by atoms with E-state index in [1.54, 1.807) is 31.5 Å². The van der Waals surface area contributed by atoms with Crippen molar-refractivity contribution >= 4 is 29.0 Å². The number of rotatable bonds is 7. The number of nitrogens with two attached hydrogens (primary N) is 1. The van der Waals surface area contributed by atoms with Gasteiger partial charge in [-0.2, -0.15) is 0 Å². The smallest absolute Gasteiger partial charge is 0.277 e. The van der Waals surface area contributed by atoms with Crippen LogP contribution in [0.25, 0.3) is 5.69 Å².